The summed E-state index contributed by atoms with van der Waals surface area (Å²) in [5.74, 6) is -0.220. The van der Waals surface area contributed by atoms with E-state index in [1.165, 1.54) is 6.07 Å². The fraction of sp³-hybridized carbons (Fsp3) is 0.357. The van der Waals surface area contributed by atoms with Gasteiger partial charge >= 0.3 is 0 Å². The predicted molar refractivity (Wildman–Crippen MR) is 68.5 cm³/mol. The first-order valence-corrected chi connectivity index (χ1v) is 5.79. The minimum Gasteiger partial charge on any atom is -0.328 e. The van der Waals surface area contributed by atoms with Crippen molar-refractivity contribution in [1.82, 2.24) is 4.98 Å². The third-order valence-electron chi connectivity index (χ3n) is 2.83. The number of aryl methyl sites for hydroxylation is 2. The number of pyridine rings is 1. The zero-order chi connectivity index (χ0) is 12.6. The minimum atomic E-state index is -0.220. The van der Waals surface area contributed by atoms with E-state index in [0.29, 0.717) is 6.42 Å². The van der Waals surface area contributed by atoms with Crippen molar-refractivity contribution >= 4 is 10.9 Å². The molecule has 1 unspecified atom stereocenters. The first-order chi connectivity index (χ1) is 7.97. The number of nitrogens with two attached hydrogens (primary N) is 1. The van der Waals surface area contributed by atoms with Crippen molar-refractivity contribution in [2.24, 2.45) is 5.73 Å². The van der Waals surface area contributed by atoms with Crippen LogP contribution in [0.3, 0.4) is 0 Å². The molecular weight excluding hydrogens is 215 g/mol. The van der Waals surface area contributed by atoms with Gasteiger partial charge in [-0.05, 0) is 56.5 Å². The molecule has 90 valence electrons. The zero-order valence-corrected chi connectivity index (χ0v) is 10.4. The Hall–Kier alpha value is -1.48. The second-order valence-electron chi connectivity index (χ2n) is 4.72. The van der Waals surface area contributed by atoms with Gasteiger partial charge in [0.05, 0.1) is 5.52 Å². The monoisotopic (exact) mass is 232 g/mol. The lowest BCUT2D eigenvalue weighted by Gasteiger charge is -2.11. The first kappa shape index (κ1) is 12.0. The smallest absolute Gasteiger partial charge is 0.124 e. The van der Waals surface area contributed by atoms with Crippen molar-refractivity contribution in [2.45, 2.75) is 33.2 Å². The summed E-state index contributed by atoms with van der Waals surface area (Å²) in [7, 11) is 0. The maximum absolute atomic E-state index is 13.6. The summed E-state index contributed by atoms with van der Waals surface area (Å²) in [4.78, 5) is 4.51. The van der Waals surface area contributed by atoms with Gasteiger partial charge in [-0.25, -0.2) is 4.39 Å². The van der Waals surface area contributed by atoms with E-state index >= 15 is 0 Å². The highest BCUT2D eigenvalue weighted by Gasteiger charge is 2.10. The van der Waals surface area contributed by atoms with Gasteiger partial charge in [0.15, 0.2) is 0 Å². The number of benzene rings is 1. The summed E-state index contributed by atoms with van der Waals surface area (Å²) >= 11 is 0. The van der Waals surface area contributed by atoms with Crippen LogP contribution in [0.2, 0.25) is 0 Å². The zero-order valence-electron chi connectivity index (χ0n) is 10.4. The summed E-state index contributed by atoms with van der Waals surface area (Å²) in [5.41, 5.74) is 9.56. The topological polar surface area (TPSA) is 38.9 Å². The molecule has 3 heteroatoms. The lowest BCUT2D eigenvalue weighted by molar-refractivity contribution is 0.625. The van der Waals surface area contributed by atoms with Crippen LogP contribution in [0, 0.1) is 19.7 Å². The maximum Gasteiger partial charge on any atom is 0.124 e. The molecule has 0 aliphatic rings. The highest BCUT2D eigenvalue weighted by Crippen LogP contribution is 2.23. The van der Waals surface area contributed by atoms with Crippen LogP contribution in [-0.4, -0.2) is 11.0 Å². The van der Waals surface area contributed by atoms with Gasteiger partial charge in [-0.3, -0.25) is 4.98 Å². The molecule has 1 atom stereocenters. The van der Waals surface area contributed by atoms with E-state index in [1.807, 2.05) is 26.8 Å². The summed E-state index contributed by atoms with van der Waals surface area (Å²) in [5, 5.41) is 0.881. The lowest BCUT2D eigenvalue weighted by atomic mass is 10.0. The van der Waals surface area contributed by atoms with E-state index in [1.54, 1.807) is 6.07 Å². The van der Waals surface area contributed by atoms with Gasteiger partial charge in [0, 0.05) is 17.1 Å². The van der Waals surface area contributed by atoms with Gasteiger partial charge < -0.3 is 5.73 Å². The summed E-state index contributed by atoms with van der Waals surface area (Å²) < 4.78 is 13.6. The van der Waals surface area contributed by atoms with E-state index in [9.17, 15) is 4.39 Å². The third-order valence-corrected chi connectivity index (χ3v) is 2.83. The largest absolute Gasteiger partial charge is 0.328 e. The van der Waals surface area contributed by atoms with Crippen molar-refractivity contribution in [3.8, 4) is 0 Å². The van der Waals surface area contributed by atoms with E-state index < -0.39 is 0 Å². The van der Waals surface area contributed by atoms with Crippen LogP contribution in [0.15, 0.2) is 18.2 Å². The Morgan fingerprint density at radius 3 is 2.65 bits per heavy atom. The number of aromatic nitrogens is 1. The van der Waals surface area contributed by atoms with Crippen LogP contribution in [0.5, 0.6) is 0 Å². The fourth-order valence-corrected chi connectivity index (χ4v) is 2.19. The average Bonchev–Trinajstić information content (AvgIpc) is 2.19. The molecule has 0 saturated heterocycles. The van der Waals surface area contributed by atoms with Crippen LogP contribution in [0.1, 0.15) is 23.7 Å². The molecule has 1 aromatic heterocycles. The van der Waals surface area contributed by atoms with Crippen LogP contribution >= 0.6 is 0 Å². The lowest BCUT2D eigenvalue weighted by Crippen LogP contribution is -2.18. The number of rotatable bonds is 2. The number of fused-ring (bicyclic) bond motifs is 1. The molecule has 0 spiro atoms. The molecule has 0 aliphatic carbocycles. The quantitative estimate of drug-likeness (QED) is 0.864. The number of halogens is 1. The first-order valence-electron chi connectivity index (χ1n) is 5.79. The number of nitrogens with zero attached hydrogens (tertiary/aromatic N) is 1. The van der Waals surface area contributed by atoms with Gasteiger partial charge in [-0.2, -0.15) is 0 Å². The van der Waals surface area contributed by atoms with Crippen molar-refractivity contribution < 1.29 is 4.39 Å². The van der Waals surface area contributed by atoms with Crippen LogP contribution in [0.25, 0.3) is 10.9 Å². The maximum atomic E-state index is 13.6. The van der Waals surface area contributed by atoms with Crippen molar-refractivity contribution in [3.05, 3.63) is 40.8 Å². The van der Waals surface area contributed by atoms with Gasteiger partial charge in [-0.15, -0.1) is 0 Å². The van der Waals surface area contributed by atoms with Crippen LogP contribution in [-0.2, 0) is 6.42 Å². The molecule has 2 nitrogen and oxygen atoms in total. The van der Waals surface area contributed by atoms with Crippen LogP contribution in [0.4, 0.5) is 4.39 Å². The molecule has 2 N–H and O–H groups in total. The van der Waals surface area contributed by atoms with E-state index in [4.69, 9.17) is 5.73 Å². The SMILES string of the molecule is Cc1cc(C)c2cc(F)cc(CC(C)N)c2n1. The second-order valence-corrected chi connectivity index (χ2v) is 4.72. The van der Waals surface area contributed by atoms with Crippen LogP contribution < -0.4 is 5.73 Å². The Morgan fingerprint density at radius 1 is 1.29 bits per heavy atom. The fourth-order valence-electron chi connectivity index (χ4n) is 2.19. The normalized spacial score (nSPS) is 13.0. The van der Waals surface area contributed by atoms with Gasteiger partial charge in [0.2, 0.25) is 0 Å². The summed E-state index contributed by atoms with van der Waals surface area (Å²) in [6, 6.07) is 5.05. The standard InChI is InChI=1S/C14H17FN2/c1-8-4-10(3)17-14-11(5-9(2)16)6-12(15)7-13(8)14/h4,6-7,9H,5,16H2,1-3H3. The summed E-state index contributed by atoms with van der Waals surface area (Å²) in [6.45, 7) is 5.84. The van der Waals surface area contributed by atoms with Crippen molar-refractivity contribution in [2.75, 3.05) is 0 Å². The van der Waals surface area contributed by atoms with Gasteiger partial charge in [0.1, 0.15) is 5.82 Å². The highest BCUT2D eigenvalue weighted by molar-refractivity contribution is 5.85. The van der Waals surface area contributed by atoms with E-state index in [-0.39, 0.29) is 11.9 Å². The van der Waals surface area contributed by atoms with Crippen molar-refractivity contribution in [1.29, 1.82) is 0 Å². The molecule has 0 bridgehead atoms. The molecule has 1 aromatic carbocycles. The van der Waals surface area contributed by atoms with Gasteiger partial charge in [0.25, 0.3) is 0 Å². The number of hydrogen-bond acceptors (Lipinski definition) is 2. The number of hydrogen-bond donors (Lipinski definition) is 1. The molecule has 17 heavy (non-hydrogen) atoms. The minimum absolute atomic E-state index is 0.00242. The molecule has 0 fully saturated rings. The van der Waals surface area contributed by atoms with Crippen molar-refractivity contribution in [3.63, 3.8) is 0 Å². The molecular formula is C14H17FN2. The highest BCUT2D eigenvalue weighted by atomic mass is 19.1. The molecule has 2 aromatic rings. The second kappa shape index (κ2) is 4.41. The molecule has 2 rings (SSSR count). The Bertz CT molecular complexity index is 562. The molecule has 0 aliphatic heterocycles. The Labute approximate surface area is 101 Å². The summed E-state index contributed by atoms with van der Waals surface area (Å²) in [6.07, 6.45) is 0.643. The van der Waals surface area contributed by atoms with E-state index in [0.717, 1.165) is 27.7 Å². The Morgan fingerprint density at radius 2 is 2.00 bits per heavy atom. The Balaban J connectivity index is 2.73. The molecule has 0 amide bonds. The Kier molecular flexibility index (Phi) is 3.11. The predicted octanol–water partition coefficient (Wildman–Crippen LogP) is 2.88. The van der Waals surface area contributed by atoms with E-state index in [2.05, 4.69) is 4.98 Å². The van der Waals surface area contributed by atoms with Gasteiger partial charge in [-0.1, -0.05) is 0 Å². The molecule has 0 saturated carbocycles. The molecule has 0 radical (unpaired) electrons. The third kappa shape index (κ3) is 2.44. The molecule has 1 heterocycles. The average molecular weight is 232 g/mol.